The first kappa shape index (κ1) is 15.7. The summed E-state index contributed by atoms with van der Waals surface area (Å²) in [5.41, 5.74) is 2.37. The van der Waals surface area contributed by atoms with Crippen LogP contribution in [0.1, 0.15) is 5.69 Å². The maximum atomic E-state index is 12.0. The number of amides is 2. The van der Waals surface area contributed by atoms with Gasteiger partial charge in [-0.15, -0.1) is 0 Å². The minimum atomic E-state index is -0.320. The van der Waals surface area contributed by atoms with Crippen molar-refractivity contribution in [1.82, 2.24) is 14.9 Å². The fourth-order valence-corrected chi connectivity index (χ4v) is 2.34. The lowest BCUT2D eigenvalue weighted by atomic mass is 10.3. The van der Waals surface area contributed by atoms with Gasteiger partial charge in [0, 0.05) is 18.0 Å². The van der Waals surface area contributed by atoms with E-state index < -0.39 is 0 Å². The van der Waals surface area contributed by atoms with E-state index in [2.05, 4.69) is 15.7 Å². The maximum absolute atomic E-state index is 12.0. The van der Waals surface area contributed by atoms with Gasteiger partial charge in [-0.1, -0.05) is 6.07 Å². The predicted octanol–water partition coefficient (Wildman–Crippen LogP) is 2.67. The summed E-state index contributed by atoms with van der Waals surface area (Å²) in [5, 5.41) is 9.91. The molecule has 0 spiro atoms. The molecule has 7 heteroatoms. The molecule has 0 fully saturated rings. The number of nitrogens with zero attached hydrogens (tertiary/aromatic N) is 2. The molecule has 7 nitrogen and oxygen atoms in total. The highest BCUT2D eigenvalue weighted by molar-refractivity contribution is 5.89. The number of hydrogen-bond donors (Lipinski definition) is 2. The van der Waals surface area contributed by atoms with Crippen LogP contribution in [0.2, 0.25) is 0 Å². The Hall–Kier alpha value is -3.22. The lowest BCUT2D eigenvalue weighted by molar-refractivity contribution is 0.251. The summed E-state index contributed by atoms with van der Waals surface area (Å²) in [6.45, 7) is 0.334. The molecule has 24 heavy (non-hydrogen) atoms. The molecule has 3 aromatic rings. The molecule has 2 aromatic heterocycles. The predicted molar refractivity (Wildman–Crippen MR) is 90.6 cm³/mol. The number of anilines is 1. The van der Waals surface area contributed by atoms with Gasteiger partial charge in [-0.2, -0.15) is 5.10 Å². The number of methoxy groups -OCH3 is 2. The van der Waals surface area contributed by atoms with Gasteiger partial charge in [-0.25, -0.2) is 9.31 Å². The molecular weight excluding hydrogens is 308 g/mol. The molecule has 0 radical (unpaired) electrons. The number of ether oxygens (including phenoxy) is 2. The average Bonchev–Trinajstić information content (AvgIpc) is 3.03. The van der Waals surface area contributed by atoms with E-state index in [1.807, 2.05) is 30.5 Å². The van der Waals surface area contributed by atoms with Crippen LogP contribution in [-0.4, -0.2) is 29.9 Å². The van der Waals surface area contributed by atoms with E-state index in [1.54, 1.807) is 36.9 Å². The van der Waals surface area contributed by atoms with Gasteiger partial charge in [0.25, 0.3) is 0 Å². The molecule has 0 aliphatic heterocycles. The second-order valence-electron chi connectivity index (χ2n) is 5.08. The number of aromatic nitrogens is 2. The number of urea groups is 1. The number of carbonyl (C=O) groups is 1. The zero-order chi connectivity index (χ0) is 16.9. The van der Waals surface area contributed by atoms with Crippen molar-refractivity contribution >= 4 is 17.2 Å². The van der Waals surface area contributed by atoms with E-state index in [-0.39, 0.29) is 6.03 Å². The van der Waals surface area contributed by atoms with Crippen molar-refractivity contribution in [3.05, 3.63) is 54.4 Å². The molecule has 124 valence electrons. The maximum Gasteiger partial charge on any atom is 0.319 e. The Bertz CT molecular complexity index is 827. The van der Waals surface area contributed by atoms with Crippen LogP contribution in [-0.2, 0) is 6.54 Å². The zero-order valence-corrected chi connectivity index (χ0v) is 13.4. The van der Waals surface area contributed by atoms with Gasteiger partial charge in [0.15, 0.2) is 11.5 Å². The largest absolute Gasteiger partial charge is 0.493 e. The number of pyridine rings is 1. The van der Waals surface area contributed by atoms with Gasteiger partial charge in [0.2, 0.25) is 0 Å². The third kappa shape index (κ3) is 3.40. The number of nitrogens with one attached hydrogen (secondary N) is 2. The highest BCUT2D eigenvalue weighted by atomic mass is 16.5. The van der Waals surface area contributed by atoms with Gasteiger partial charge in [-0.3, -0.25) is 0 Å². The second-order valence-corrected chi connectivity index (χ2v) is 5.08. The number of fused-ring (bicyclic) bond motifs is 1. The quantitative estimate of drug-likeness (QED) is 0.756. The summed E-state index contributed by atoms with van der Waals surface area (Å²) in [7, 11) is 3.11. The fraction of sp³-hybridized carbons (Fsp3) is 0.176. The van der Waals surface area contributed by atoms with Crippen molar-refractivity contribution in [3.63, 3.8) is 0 Å². The van der Waals surface area contributed by atoms with Crippen LogP contribution in [0.4, 0.5) is 10.5 Å². The molecule has 0 atom stereocenters. The van der Waals surface area contributed by atoms with E-state index in [0.717, 1.165) is 11.2 Å². The first-order valence-electron chi connectivity index (χ1n) is 7.40. The Morgan fingerprint density at radius 3 is 2.71 bits per heavy atom. The lowest BCUT2D eigenvalue weighted by Gasteiger charge is -2.11. The van der Waals surface area contributed by atoms with Crippen LogP contribution in [0.3, 0.4) is 0 Å². The molecule has 0 aliphatic carbocycles. The monoisotopic (exact) mass is 326 g/mol. The second kappa shape index (κ2) is 6.91. The summed E-state index contributed by atoms with van der Waals surface area (Å²) in [6, 6.07) is 12.6. The van der Waals surface area contributed by atoms with E-state index in [9.17, 15) is 4.79 Å². The van der Waals surface area contributed by atoms with Crippen LogP contribution in [0, 0.1) is 0 Å². The summed E-state index contributed by atoms with van der Waals surface area (Å²) in [6.07, 6.45) is 1.86. The minimum absolute atomic E-state index is 0.320. The summed E-state index contributed by atoms with van der Waals surface area (Å²) in [4.78, 5) is 12.0. The van der Waals surface area contributed by atoms with Gasteiger partial charge in [0.1, 0.15) is 0 Å². The molecule has 2 N–H and O–H groups in total. The smallest absolute Gasteiger partial charge is 0.319 e. The Morgan fingerprint density at radius 1 is 1.12 bits per heavy atom. The standard InChI is InChI=1S/C17H18N4O3/c1-23-15-7-6-12(10-16(15)24-2)19-17(22)18-11-13-9-14-5-3-4-8-21(14)20-13/h3-10H,11H2,1-2H3,(H2,18,19,22). The fourth-order valence-electron chi connectivity index (χ4n) is 2.34. The molecule has 3 rings (SSSR count). The van der Waals surface area contributed by atoms with Crippen LogP contribution in [0.25, 0.3) is 5.52 Å². The Balaban J connectivity index is 1.61. The molecule has 0 saturated carbocycles. The van der Waals surface area contributed by atoms with Gasteiger partial charge in [-0.05, 0) is 30.3 Å². The van der Waals surface area contributed by atoms with Crippen LogP contribution < -0.4 is 20.1 Å². The van der Waals surface area contributed by atoms with Crippen LogP contribution >= 0.6 is 0 Å². The highest BCUT2D eigenvalue weighted by Gasteiger charge is 2.08. The van der Waals surface area contributed by atoms with Crippen molar-refractivity contribution in [1.29, 1.82) is 0 Å². The molecule has 0 unspecified atom stereocenters. The summed E-state index contributed by atoms with van der Waals surface area (Å²) < 4.78 is 12.1. The molecule has 2 amide bonds. The zero-order valence-electron chi connectivity index (χ0n) is 13.4. The summed E-state index contributed by atoms with van der Waals surface area (Å²) >= 11 is 0. The van der Waals surface area contributed by atoms with E-state index >= 15 is 0 Å². The third-order valence-corrected chi connectivity index (χ3v) is 3.49. The molecular formula is C17H18N4O3. The SMILES string of the molecule is COc1ccc(NC(=O)NCc2cc3ccccn3n2)cc1OC. The average molecular weight is 326 g/mol. The van der Waals surface area contributed by atoms with Crippen molar-refractivity contribution in [2.24, 2.45) is 0 Å². The van der Waals surface area contributed by atoms with Crippen molar-refractivity contribution in [3.8, 4) is 11.5 Å². The van der Waals surface area contributed by atoms with Crippen molar-refractivity contribution in [2.75, 3.05) is 19.5 Å². The first-order valence-corrected chi connectivity index (χ1v) is 7.40. The normalized spacial score (nSPS) is 10.4. The molecule has 1 aromatic carbocycles. The number of hydrogen-bond acceptors (Lipinski definition) is 4. The number of rotatable bonds is 5. The van der Waals surface area contributed by atoms with Crippen molar-refractivity contribution in [2.45, 2.75) is 6.54 Å². The Morgan fingerprint density at radius 2 is 1.96 bits per heavy atom. The number of carbonyl (C=O) groups excluding carboxylic acids is 1. The highest BCUT2D eigenvalue weighted by Crippen LogP contribution is 2.29. The Kier molecular flexibility index (Phi) is 4.51. The number of benzene rings is 1. The summed E-state index contributed by atoms with van der Waals surface area (Å²) in [5.74, 6) is 1.16. The Labute approximate surface area is 139 Å². The molecule has 0 bridgehead atoms. The van der Waals surface area contributed by atoms with Gasteiger partial charge in [0.05, 0.1) is 32.0 Å². The third-order valence-electron chi connectivity index (χ3n) is 3.49. The van der Waals surface area contributed by atoms with Crippen LogP contribution in [0.15, 0.2) is 48.7 Å². The van der Waals surface area contributed by atoms with E-state index in [1.165, 1.54) is 0 Å². The molecule has 0 saturated heterocycles. The molecule has 2 heterocycles. The van der Waals surface area contributed by atoms with E-state index in [4.69, 9.17) is 9.47 Å². The topological polar surface area (TPSA) is 76.9 Å². The van der Waals surface area contributed by atoms with Crippen molar-refractivity contribution < 1.29 is 14.3 Å². The molecule has 0 aliphatic rings. The minimum Gasteiger partial charge on any atom is -0.493 e. The first-order chi connectivity index (χ1) is 11.7. The lowest BCUT2D eigenvalue weighted by Crippen LogP contribution is -2.28. The van der Waals surface area contributed by atoms with Gasteiger partial charge >= 0.3 is 6.03 Å². The van der Waals surface area contributed by atoms with E-state index in [0.29, 0.717) is 23.7 Å². The van der Waals surface area contributed by atoms with Gasteiger partial charge < -0.3 is 20.1 Å². The van der Waals surface area contributed by atoms with Crippen LogP contribution in [0.5, 0.6) is 11.5 Å².